The third kappa shape index (κ3) is 2.39. The van der Waals surface area contributed by atoms with Crippen LogP contribution in [0.4, 0.5) is 0 Å². The van der Waals surface area contributed by atoms with E-state index in [0.29, 0.717) is 11.0 Å². The number of nitrogens with zero attached hydrogens (tertiary/aromatic N) is 1. The number of hydrogen-bond acceptors (Lipinski definition) is 2. The molecule has 1 heterocycles. The van der Waals surface area contributed by atoms with Gasteiger partial charge in [-0.2, -0.15) is 0 Å². The van der Waals surface area contributed by atoms with Crippen LogP contribution < -0.4 is 5.32 Å². The van der Waals surface area contributed by atoms with E-state index in [2.05, 4.69) is 31.0 Å². The molecular formula is C15H28N2. The zero-order chi connectivity index (χ0) is 12.1. The van der Waals surface area contributed by atoms with Gasteiger partial charge < -0.3 is 5.32 Å². The fourth-order valence-corrected chi connectivity index (χ4v) is 4.06. The molecule has 2 aliphatic carbocycles. The molecule has 0 amide bonds. The predicted molar refractivity (Wildman–Crippen MR) is 72.1 cm³/mol. The summed E-state index contributed by atoms with van der Waals surface area (Å²) in [5.74, 6) is 0.958. The van der Waals surface area contributed by atoms with E-state index in [1.165, 1.54) is 51.7 Å². The van der Waals surface area contributed by atoms with Crippen LogP contribution in [0.25, 0.3) is 0 Å². The van der Waals surface area contributed by atoms with E-state index >= 15 is 0 Å². The van der Waals surface area contributed by atoms with Crippen molar-refractivity contribution < 1.29 is 0 Å². The Morgan fingerprint density at radius 2 is 1.88 bits per heavy atom. The molecular weight excluding hydrogens is 208 g/mol. The fourth-order valence-electron chi connectivity index (χ4n) is 4.06. The molecule has 98 valence electrons. The highest BCUT2D eigenvalue weighted by Gasteiger charge is 2.46. The van der Waals surface area contributed by atoms with E-state index in [-0.39, 0.29) is 0 Å². The van der Waals surface area contributed by atoms with E-state index in [1.807, 2.05) is 0 Å². The van der Waals surface area contributed by atoms with Crippen molar-refractivity contribution in [2.45, 2.75) is 64.5 Å². The van der Waals surface area contributed by atoms with Crippen molar-refractivity contribution in [2.24, 2.45) is 11.3 Å². The molecule has 0 aromatic rings. The van der Waals surface area contributed by atoms with Gasteiger partial charge in [0.2, 0.25) is 0 Å². The first-order valence-electron chi connectivity index (χ1n) is 7.48. The third-order valence-electron chi connectivity index (χ3n) is 5.40. The average Bonchev–Trinajstić information content (AvgIpc) is 3.04. The van der Waals surface area contributed by atoms with Crippen molar-refractivity contribution in [3.05, 3.63) is 0 Å². The highest BCUT2D eigenvalue weighted by molar-refractivity contribution is 5.03. The highest BCUT2D eigenvalue weighted by atomic mass is 15.2. The maximum absolute atomic E-state index is 3.79. The van der Waals surface area contributed by atoms with Gasteiger partial charge in [0.25, 0.3) is 0 Å². The van der Waals surface area contributed by atoms with Crippen molar-refractivity contribution in [2.75, 3.05) is 19.6 Å². The van der Waals surface area contributed by atoms with Gasteiger partial charge in [0.15, 0.2) is 0 Å². The molecule has 1 aliphatic heterocycles. The second kappa shape index (κ2) is 3.96. The standard InChI is InChI=1S/C15H28N2/c1-14(2)7-6-13(10-14)17-9-8-16-15(3,11-17)12-4-5-12/h12-13,16H,4-11H2,1-3H3. The zero-order valence-electron chi connectivity index (χ0n) is 11.8. The molecule has 3 aliphatic rings. The van der Waals surface area contributed by atoms with Crippen LogP contribution in [-0.4, -0.2) is 36.1 Å². The Balaban J connectivity index is 1.64. The van der Waals surface area contributed by atoms with Gasteiger partial charge in [-0.3, -0.25) is 4.90 Å². The monoisotopic (exact) mass is 236 g/mol. The lowest BCUT2D eigenvalue weighted by Crippen LogP contribution is -2.61. The van der Waals surface area contributed by atoms with Crippen molar-refractivity contribution in [3.63, 3.8) is 0 Å². The number of hydrogen-bond donors (Lipinski definition) is 1. The predicted octanol–water partition coefficient (Wildman–Crippen LogP) is 2.64. The molecule has 2 atom stereocenters. The molecule has 2 unspecified atom stereocenters. The number of piperazine rings is 1. The van der Waals surface area contributed by atoms with E-state index in [0.717, 1.165) is 12.0 Å². The molecule has 17 heavy (non-hydrogen) atoms. The molecule has 3 rings (SSSR count). The minimum Gasteiger partial charge on any atom is -0.309 e. The van der Waals surface area contributed by atoms with Crippen LogP contribution in [0, 0.1) is 11.3 Å². The summed E-state index contributed by atoms with van der Waals surface area (Å²) in [6, 6.07) is 0.866. The minimum absolute atomic E-state index is 0.422. The van der Waals surface area contributed by atoms with Crippen molar-refractivity contribution in [1.29, 1.82) is 0 Å². The first-order chi connectivity index (χ1) is 7.99. The molecule has 3 fully saturated rings. The van der Waals surface area contributed by atoms with Crippen LogP contribution in [0.2, 0.25) is 0 Å². The van der Waals surface area contributed by atoms with Gasteiger partial charge in [0, 0.05) is 31.2 Å². The second-order valence-corrected chi connectivity index (χ2v) is 7.65. The third-order valence-corrected chi connectivity index (χ3v) is 5.40. The smallest absolute Gasteiger partial charge is 0.0309 e. The van der Waals surface area contributed by atoms with Crippen LogP contribution in [0.3, 0.4) is 0 Å². The van der Waals surface area contributed by atoms with Crippen molar-refractivity contribution in [1.82, 2.24) is 10.2 Å². The molecule has 0 radical (unpaired) electrons. The summed E-state index contributed by atoms with van der Waals surface area (Å²) in [4.78, 5) is 2.80. The Hall–Kier alpha value is -0.0800. The van der Waals surface area contributed by atoms with E-state index < -0.39 is 0 Å². The quantitative estimate of drug-likeness (QED) is 0.793. The maximum atomic E-state index is 3.79. The van der Waals surface area contributed by atoms with Gasteiger partial charge in [-0.15, -0.1) is 0 Å². The Morgan fingerprint density at radius 1 is 1.12 bits per heavy atom. The fraction of sp³-hybridized carbons (Fsp3) is 1.00. The summed E-state index contributed by atoms with van der Waals surface area (Å²) >= 11 is 0. The van der Waals surface area contributed by atoms with Gasteiger partial charge in [-0.1, -0.05) is 13.8 Å². The molecule has 2 saturated carbocycles. The van der Waals surface area contributed by atoms with Gasteiger partial charge >= 0.3 is 0 Å². The van der Waals surface area contributed by atoms with E-state index in [1.54, 1.807) is 0 Å². The molecule has 2 nitrogen and oxygen atoms in total. The summed E-state index contributed by atoms with van der Waals surface area (Å²) in [7, 11) is 0. The normalized spacial score (nSPS) is 42.9. The van der Waals surface area contributed by atoms with Crippen LogP contribution in [-0.2, 0) is 0 Å². The van der Waals surface area contributed by atoms with Crippen LogP contribution in [0.5, 0.6) is 0 Å². The lowest BCUT2D eigenvalue weighted by atomic mass is 9.90. The van der Waals surface area contributed by atoms with Crippen LogP contribution in [0.1, 0.15) is 52.9 Å². The topological polar surface area (TPSA) is 15.3 Å². The van der Waals surface area contributed by atoms with Crippen molar-refractivity contribution >= 4 is 0 Å². The maximum Gasteiger partial charge on any atom is 0.0309 e. The largest absolute Gasteiger partial charge is 0.309 e. The van der Waals surface area contributed by atoms with E-state index in [9.17, 15) is 0 Å². The van der Waals surface area contributed by atoms with E-state index in [4.69, 9.17) is 0 Å². The molecule has 2 heteroatoms. The first kappa shape index (κ1) is 12.0. The Morgan fingerprint density at radius 3 is 2.47 bits per heavy atom. The lowest BCUT2D eigenvalue weighted by Gasteiger charge is -2.44. The Kier molecular flexibility index (Phi) is 2.79. The minimum atomic E-state index is 0.422. The Labute approximate surface area is 106 Å². The van der Waals surface area contributed by atoms with Crippen LogP contribution >= 0.6 is 0 Å². The molecule has 1 N–H and O–H groups in total. The summed E-state index contributed by atoms with van der Waals surface area (Å²) in [5.41, 5.74) is 1.01. The zero-order valence-corrected chi connectivity index (χ0v) is 11.8. The number of rotatable bonds is 2. The van der Waals surface area contributed by atoms with Gasteiger partial charge in [0.1, 0.15) is 0 Å². The SMILES string of the molecule is CC1(C)CCC(N2CCNC(C)(C3CC3)C2)C1. The molecule has 0 aromatic heterocycles. The van der Waals surface area contributed by atoms with Gasteiger partial charge in [-0.05, 0) is 50.4 Å². The van der Waals surface area contributed by atoms with Gasteiger partial charge in [-0.25, -0.2) is 0 Å². The molecule has 0 bridgehead atoms. The summed E-state index contributed by atoms with van der Waals surface area (Å²) in [6.45, 7) is 11.1. The Bertz CT molecular complexity index is 295. The molecule has 1 saturated heterocycles. The average molecular weight is 236 g/mol. The summed E-state index contributed by atoms with van der Waals surface area (Å²) < 4.78 is 0. The summed E-state index contributed by atoms with van der Waals surface area (Å²) in [5, 5.41) is 3.79. The second-order valence-electron chi connectivity index (χ2n) is 7.65. The summed E-state index contributed by atoms with van der Waals surface area (Å²) in [6.07, 6.45) is 7.16. The van der Waals surface area contributed by atoms with Gasteiger partial charge in [0.05, 0.1) is 0 Å². The van der Waals surface area contributed by atoms with Crippen molar-refractivity contribution in [3.8, 4) is 0 Å². The highest BCUT2D eigenvalue weighted by Crippen LogP contribution is 2.44. The first-order valence-corrected chi connectivity index (χ1v) is 7.48. The van der Waals surface area contributed by atoms with Crippen LogP contribution in [0.15, 0.2) is 0 Å². The molecule has 0 aromatic carbocycles. The number of nitrogens with one attached hydrogen (secondary N) is 1. The lowest BCUT2D eigenvalue weighted by molar-refractivity contribution is 0.0857. The molecule has 0 spiro atoms.